The standard InChI is InChI=1S/C17H16F3N5O/c18-17(19,20)13-7-12(23-9-24-13)15-14-10(8-22-15)1-4-21-16(14)25-11-2-5-26-6-3-11/h1,4,7,9,11H,2-3,5-6,8H2,(H,21,25). The number of ether oxygens (including phenoxy) is 1. The van der Waals surface area contributed by atoms with Crippen molar-refractivity contribution >= 4 is 11.5 Å². The van der Waals surface area contributed by atoms with E-state index in [9.17, 15) is 13.2 Å². The molecule has 1 saturated heterocycles. The summed E-state index contributed by atoms with van der Waals surface area (Å²) in [7, 11) is 0. The molecule has 4 heterocycles. The van der Waals surface area contributed by atoms with Gasteiger partial charge in [0, 0.05) is 31.0 Å². The second-order valence-electron chi connectivity index (χ2n) is 6.18. The Bertz CT molecular complexity index is 847. The minimum absolute atomic E-state index is 0.147. The van der Waals surface area contributed by atoms with Crippen LogP contribution in [0.3, 0.4) is 0 Å². The van der Waals surface area contributed by atoms with E-state index in [4.69, 9.17) is 4.74 Å². The van der Waals surface area contributed by atoms with Crippen molar-refractivity contribution in [2.24, 2.45) is 4.99 Å². The average Bonchev–Trinajstić information content (AvgIpc) is 3.07. The fourth-order valence-electron chi connectivity index (χ4n) is 3.14. The molecular weight excluding hydrogens is 347 g/mol. The van der Waals surface area contributed by atoms with Crippen LogP contribution in [0.5, 0.6) is 0 Å². The molecule has 2 aromatic rings. The van der Waals surface area contributed by atoms with Crippen molar-refractivity contribution in [2.75, 3.05) is 18.5 Å². The lowest BCUT2D eigenvalue weighted by Gasteiger charge is -2.24. The van der Waals surface area contributed by atoms with Gasteiger partial charge in [-0.15, -0.1) is 0 Å². The Balaban J connectivity index is 1.68. The van der Waals surface area contributed by atoms with E-state index in [-0.39, 0.29) is 11.7 Å². The molecule has 136 valence electrons. The van der Waals surface area contributed by atoms with Crippen LogP contribution in [-0.2, 0) is 17.5 Å². The number of nitrogens with one attached hydrogen (secondary N) is 1. The van der Waals surface area contributed by atoms with Crippen molar-refractivity contribution < 1.29 is 17.9 Å². The van der Waals surface area contributed by atoms with E-state index in [1.165, 1.54) is 0 Å². The van der Waals surface area contributed by atoms with E-state index in [0.29, 0.717) is 36.9 Å². The molecule has 4 rings (SSSR count). The summed E-state index contributed by atoms with van der Waals surface area (Å²) >= 11 is 0. The summed E-state index contributed by atoms with van der Waals surface area (Å²) in [5.41, 5.74) is 1.20. The predicted molar refractivity (Wildman–Crippen MR) is 88.1 cm³/mol. The number of hydrogen-bond donors (Lipinski definition) is 1. The van der Waals surface area contributed by atoms with E-state index in [2.05, 4.69) is 25.3 Å². The monoisotopic (exact) mass is 363 g/mol. The second-order valence-corrected chi connectivity index (χ2v) is 6.18. The highest BCUT2D eigenvalue weighted by molar-refractivity contribution is 6.16. The largest absolute Gasteiger partial charge is 0.433 e. The van der Waals surface area contributed by atoms with Gasteiger partial charge in [-0.1, -0.05) is 0 Å². The van der Waals surface area contributed by atoms with Crippen molar-refractivity contribution in [2.45, 2.75) is 31.6 Å². The molecule has 0 spiro atoms. The summed E-state index contributed by atoms with van der Waals surface area (Å²) in [6.07, 6.45) is -0.231. The third kappa shape index (κ3) is 3.26. The van der Waals surface area contributed by atoms with E-state index in [0.717, 1.165) is 30.8 Å². The van der Waals surface area contributed by atoms with E-state index in [1.54, 1.807) is 6.20 Å². The van der Waals surface area contributed by atoms with Crippen molar-refractivity contribution in [3.05, 3.63) is 47.2 Å². The number of pyridine rings is 1. The maximum Gasteiger partial charge on any atom is 0.433 e. The molecule has 9 heteroatoms. The minimum Gasteiger partial charge on any atom is -0.381 e. The first-order chi connectivity index (χ1) is 12.5. The third-order valence-electron chi connectivity index (χ3n) is 4.44. The molecule has 1 fully saturated rings. The highest BCUT2D eigenvalue weighted by Crippen LogP contribution is 2.31. The lowest BCUT2D eigenvalue weighted by atomic mass is 10.0. The SMILES string of the molecule is FC(F)(F)c1cc(C2=NCc3ccnc(NC4CCOCC4)c32)ncn1. The Morgan fingerprint density at radius 3 is 2.69 bits per heavy atom. The molecule has 0 radical (unpaired) electrons. The predicted octanol–water partition coefficient (Wildman–Crippen LogP) is 2.83. The number of nitrogens with zero attached hydrogens (tertiary/aromatic N) is 4. The Morgan fingerprint density at radius 2 is 1.92 bits per heavy atom. The molecule has 26 heavy (non-hydrogen) atoms. The zero-order chi connectivity index (χ0) is 18.1. The minimum atomic E-state index is -4.53. The van der Waals surface area contributed by atoms with E-state index in [1.807, 2.05) is 6.07 Å². The molecule has 1 N–H and O–H groups in total. The Kier molecular flexibility index (Phi) is 4.31. The van der Waals surface area contributed by atoms with Crippen LogP contribution in [0.1, 0.15) is 35.4 Å². The van der Waals surface area contributed by atoms with Gasteiger partial charge >= 0.3 is 6.18 Å². The molecule has 0 atom stereocenters. The van der Waals surface area contributed by atoms with Crippen molar-refractivity contribution in [1.82, 2.24) is 15.0 Å². The maximum absolute atomic E-state index is 13.0. The van der Waals surface area contributed by atoms with Gasteiger partial charge in [0.2, 0.25) is 0 Å². The number of anilines is 1. The first-order valence-electron chi connectivity index (χ1n) is 8.29. The highest BCUT2D eigenvalue weighted by atomic mass is 19.4. The third-order valence-corrected chi connectivity index (χ3v) is 4.44. The summed E-state index contributed by atoms with van der Waals surface area (Å²) in [6, 6.07) is 2.96. The van der Waals surface area contributed by atoms with Crippen molar-refractivity contribution in [3.8, 4) is 0 Å². The van der Waals surface area contributed by atoms with Gasteiger partial charge in [0.1, 0.15) is 17.8 Å². The highest BCUT2D eigenvalue weighted by Gasteiger charge is 2.34. The Morgan fingerprint density at radius 1 is 1.12 bits per heavy atom. The van der Waals surface area contributed by atoms with Crippen LogP contribution in [0, 0.1) is 0 Å². The molecule has 0 aromatic carbocycles. The second kappa shape index (κ2) is 6.64. The molecule has 2 aliphatic heterocycles. The Hall–Kier alpha value is -2.55. The Labute approximate surface area is 147 Å². The lowest BCUT2D eigenvalue weighted by molar-refractivity contribution is -0.141. The molecule has 0 aliphatic carbocycles. The lowest BCUT2D eigenvalue weighted by Crippen LogP contribution is -2.29. The smallest absolute Gasteiger partial charge is 0.381 e. The zero-order valence-corrected chi connectivity index (χ0v) is 13.8. The number of rotatable bonds is 3. The summed E-state index contributed by atoms with van der Waals surface area (Å²) < 4.78 is 44.3. The molecule has 6 nitrogen and oxygen atoms in total. The number of alkyl halides is 3. The van der Waals surface area contributed by atoms with Gasteiger partial charge < -0.3 is 10.1 Å². The fourth-order valence-corrected chi connectivity index (χ4v) is 3.14. The van der Waals surface area contributed by atoms with Gasteiger partial charge in [-0.25, -0.2) is 15.0 Å². The van der Waals surface area contributed by atoms with Crippen LogP contribution in [0.4, 0.5) is 19.0 Å². The molecule has 0 saturated carbocycles. The van der Waals surface area contributed by atoms with Gasteiger partial charge in [-0.3, -0.25) is 4.99 Å². The summed E-state index contributed by atoms with van der Waals surface area (Å²) in [5, 5.41) is 3.39. The van der Waals surface area contributed by atoms with Crippen molar-refractivity contribution in [1.29, 1.82) is 0 Å². The van der Waals surface area contributed by atoms with Crippen LogP contribution in [-0.4, -0.2) is 39.9 Å². The van der Waals surface area contributed by atoms with Gasteiger partial charge in [0.15, 0.2) is 0 Å². The first kappa shape index (κ1) is 16.9. The van der Waals surface area contributed by atoms with Gasteiger partial charge in [-0.2, -0.15) is 13.2 Å². The number of aromatic nitrogens is 3. The molecule has 0 bridgehead atoms. The molecular formula is C17H16F3N5O. The number of halogens is 3. The maximum atomic E-state index is 13.0. The van der Waals surface area contributed by atoms with Crippen LogP contribution in [0.25, 0.3) is 0 Å². The molecule has 0 unspecified atom stereocenters. The number of hydrogen-bond acceptors (Lipinski definition) is 6. The quantitative estimate of drug-likeness (QED) is 0.908. The van der Waals surface area contributed by atoms with Gasteiger partial charge in [0.25, 0.3) is 0 Å². The zero-order valence-electron chi connectivity index (χ0n) is 13.8. The molecule has 2 aliphatic rings. The molecule has 0 amide bonds. The van der Waals surface area contributed by atoms with Gasteiger partial charge in [0.05, 0.1) is 18.0 Å². The van der Waals surface area contributed by atoms with Crippen LogP contribution in [0.2, 0.25) is 0 Å². The van der Waals surface area contributed by atoms with Crippen LogP contribution in [0.15, 0.2) is 29.6 Å². The first-order valence-corrected chi connectivity index (χ1v) is 8.29. The van der Waals surface area contributed by atoms with Crippen molar-refractivity contribution in [3.63, 3.8) is 0 Å². The van der Waals surface area contributed by atoms with Crippen LogP contribution >= 0.6 is 0 Å². The average molecular weight is 363 g/mol. The summed E-state index contributed by atoms with van der Waals surface area (Å²) in [4.78, 5) is 16.1. The normalized spacial score (nSPS) is 17.7. The number of fused-ring (bicyclic) bond motifs is 1. The van der Waals surface area contributed by atoms with Crippen LogP contribution < -0.4 is 5.32 Å². The number of aliphatic imine (C=N–C) groups is 1. The van der Waals surface area contributed by atoms with Gasteiger partial charge in [-0.05, 0) is 30.5 Å². The molecule has 2 aromatic heterocycles. The summed E-state index contributed by atoms with van der Waals surface area (Å²) in [6.45, 7) is 1.74. The van der Waals surface area contributed by atoms with E-state index >= 15 is 0 Å². The topological polar surface area (TPSA) is 72.3 Å². The van der Waals surface area contributed by atoms with E-state index < -0.39 is 11.9 Å². The fraction of sp³-hybridized carbons (Fsp3) is 0.412. The summed E-state index contributed by atoms with van der Waals surface area (Å²) in [5.74, 6) is 0.623.